The molecule has 0 bridgehead atoms. The SMILES string of the molecule is C[C@@H](CCC=O)[C@H](CCCOCc1ccccc1)O[Si](C)(C)C(C)(C)C. The lowest BCUT2D eigenvalue weighted by atomic mass is 9.96. The number of benzene rings is 1. The van der Waals surface area contributed by atoms with Gasteiger partial charge in [0, 0.05) is 19.1 Å². The summed E-state index contributed by atoms with van der Waals surface area (Å²) in [5.74, 6) is 0.392. The third-order valence-corrected chi connectivity index (χ3v) is 10.0. The van der Waals surface area contributed by atoms with Crippen LogP contribution in [0.15, 0.2) is 30.3 Å². The Morgan fingerprint density at radius 1 is 1.12 bits per heavy atom. The Morgan fingerprint density at radius 2 is 1.77 bits per heavy atom. The first-order valence-electron chi connectivity index (χ1n) is 9.90. The molecule has 1 aromatic carbocycles. The molecule has 0 unspecified atom stereocenters. The van der Waals surface area contributed by atoms with E-state index in [4.69, 9.17) is 9.16 Å². The number of ether oxygens (including phenoxy) is 1. The van der Waals surface area contributed by atoms with Crippen molar-refractivity contribution in [2.75, 3.05) is 6.61 Å². The molecule has 0 radical (unpaired) electrons. The maximum absolute atomic E-state index is 10.8. The molecule has 148 valence electrons. The molecule has 0 fully saturated rings. The van der Waals surface area contributed by atoms with Crippen molar-refractivity contribution in [3.8, 4) is 0 Å². The summed E-state index contributed by atoms with van der Waals surface area (Å²) in [6.45, 7) is 15.0. The first-order valence-corrected chi connectivity index (χ1v) is 12.8. The molecule has 0 aliphatic rings. The van der Waals surface area contributed by atoms with E-state index in [0.717, 1.165) is 32.2 Å². The van der Waals surface area contributed by atoms with Gasteiger partial charge in [0.25, 0.3) is 0 Å². The summed E-state index contributed by atoms with van der Waals surface area (Å²) < 4.78 is 12.5. The van der Waals surface area contributed by atoms with Crippen LogP contribution in [0.3, 0.4) is 0 Å². The molecule has 2 atom stereocenters. The van der Waals surface area contributed by atoms with Gasteiger partial charge in [-0.25, -0.2) is 0 Å². The lowest BCUT2D eigenvalue weighted by Crippen LogP contribution is -2.45. The van der Waals surface area contributed by atoms with Gasteiger partial charge in [0.2, 0.25) is 0 Å². The van der Waals surface area contributed by atoms with Crippen molar-refractivity contribution in [3.05, 3.63) is 35.9 Å². The molecule has 0 amide bonds. The monoisotopic (exact) mass is 378 g/mol. The summed E-state index contributed by atoms with van der Waals surface area (Å²) in [7, 11) is -1.82. The first-order chi connectivity index (χ1) is 12.2. The Bertz CT molecular complexity index is 508. The quantitative estimate of drug-likeness (QED) is 0.255. The number of hydrogen-bond acceptors (Lipinski definition) is 3. The van der Waals surface area contributed by atoms with Crippen LogP contribution in [0.1, 0.15) is 58.9 Å². The Kier molecular flexibility index (Phi) is 9.76. The smallest absolute Gasteiger partial charge is 0.192 e. The van der Waals surface area contributed by atoms with E-state index in [9.17, 15) is 4.79 Å². The largest absolute Gasteiger partial charge is 0.414 e. The third kappa shape index (κ3) is 8.15. The van der Waals surface area contributed by atoms with Crippen LogP contribution >= 0.6 is 0 Å². The normalized spacial score (nSPS) is 14.8. The average Bonchev–Trinajstić information content (AvgIpc) is 2.58. The van der Waals surface area contributed by atoms with E-state index in [-0.39, 0.29) is 11.1 Å². The first kappa shape index (κ1) is 23.1. The molecular weight excluding hydrogens is 340 g/mol. The van der Waals surface area contributed by atoms with E-state index in [2.05, 4.69) is 52.9 Å². The Balaban J connectivity index is 2.52. The highest BCUT2D eigenvalue weighted by molar-refractivity contribution is 6.74. The summed E-state index contributed by atoms with van der Waals surface area (Å²) in [5.41, 5.74) is 1.21. The van der Waals surface area contributed by atoms with Crippen molar-refractivity contribution in [2.45, 2.75) is 84.2 Å². The van der Waals surface area contributed by atoms with Crippen molar-refractivity contribution < 1.29 is 14.0 Å². The molecule has 26 heavy (non-hydrogen) atoms. The van der Waals surface area contributed by atoms with Crippen molar-refractivity contribution in [1.29, 1.82) is 0 Å². The van der Waals surface area contributed by atoms with Crippen molar-refractivity contribution >= 4 is 14.6 Å². The molecule has 1 rings (SSSR count). The number of hydrogen-bond donors (Lipinski definition) is 0. The number of rotatable bonds is 12. The average molecular weight is 379 g/mol. The highest BCUT2D eigenvalue weighted by atomic mass is 28.4. The van der Waals surface area contributed by atoms with Crippen molar-refractivity contribution in [2.24, 2.45) is 5.92 Å². The number of aldehydes is 1. The van der Waals surface area contributed by atoms with Crippen LogP contribution in [0, 0.1) is 5.92 Å². The third-order valence-electron chi connectivity index (χ3n) is 5.52. The molecule has 0 heterocycles. The molecule has 0 N–H and O–H groups in total. The molecule has 3 nitrogen and oxygen atoms in total. The fraction of sp³-hybridized carbons (Fsp3) is 0.682. The zero-order chi connectivity index (χ0) is 19.6. The van der Waals surface area contributed by atoms with Crippen LogP contribution in [0.4, 0.5) is 0 Å². The topological polar surface area (TPSA) is 35.5 Å². The Morgan fingerprint density at radius 3 is 2.35 bits per heavy atom. The van der Waals surface area contributed by atoms with E-state index in [1.54, 1.807) is 0 Å². The van der Waals surface area contributed by atoms with Crippen LogP contribution in [-0.4, -0.2) is 27.3 Å². The predicted octanol–water partition coefficient (Wildman–Crippen LogP) is 5.99. The van der Waals surface area contributed by atoms with Crippen LogP contribution in [0.25, 0.3) is 0 Å². The molecule has 1 aromatic rings. The minimum absolute atomic E-state index is 0.194. The molecule has 0 saturated heterocycles. The van der Waals surface area contributed by atoms with Crippen LogP contribution < -0.4 is 0 Å². The molecule has 0 saturated carbocycles. The van der Waals surface area contributed by atoms with Crippen LogP contribution in [0.2, 0.25) is 18.1 Å². The fourth-order valence-electron chi connectivity index (χ4n) is 2.68. The summed E-state index contributed by atoms with van der Waals surface area (Å²) in [4.78, 5) is 10.8. The van der Waals surface area contributed by atoms with Crippen molar-refractivity contribution in [1.82, 2.24) is 0 Å². The van der Waals surface area contributed by atoms with Crippen molar-refractivity contribution in [3.63, 3.8) is 0 Å². The minimum atomic E-state index is -1.82. The molecule has 0 spiro atoms. The second-order valence-corrected chi connectivity index (χ2v) is 13.6. The molecule has 0 aliphatic heterocycles. The highest BCUT2D eigenvalue weighted by Gasteiger charge is 2.39. The lowest BCUT2D eigenvalue weighted by Gasteiger charge is -2.41. The van der Waals surface area contributed by atoms with Crippen LogP contribution in [-0.2, 0) is 20.6 Å². The van der Waals surface area contributed by atoms with Gasteiger partial charge in [0.05, 0.1) is 6.61 Å². The zero-order valence-electron chi connectivity index (χ0n) is 17.6. The zero-order valence-corrected chi connectivity index (χ0v) is 18.6. The summed E-state index contributed by atoms with van der Waals surface area (Å²) >= 11 is 0. The van der Waals surface area contributed by atoms with Gasteiger partial charge in [0.1, 0.15) is 6.29 Å². The van der Waals surface area contributed by atoms with Gasteiger partial charge in [0.15, 0.2) is 8.32 Å². The molecular formula is C22H38O3Si. The molecule has 0 aliphatic carbocycles. The molecule has 4 heteroatoms. The second kappa shape index (κ2) is 11.0. The number of carbonyl (C=O) groups is 1. The van der Waals surface area contributed by atoms with Gasteiger partial charge in [-0.1, -0.05) is 58.0 Å². The Hall–Kier alpha value is -0.973. The van der Waals surface area contributed by atoms with E-state index in [0.29, 0.717) is 18.9 Å². The van der Waals surface area contributed by atoms with Crippen LogP contribution in [0.5, 0.6) is 0 Å². The fourth-order valence-corrected chi connectivity index (χ4v) is 4.14. The van der Waals surface area contributed by atoms with E-state index < -0.39 is 8.32 Å². The Labute approximate surface area is 161 Å². The summed E-state index contributed by atoms with van der Waals surface area (Å²) in [6, 6.07) is 10.3. The maximum atomic E-state index is 10.8. The van der Waals surface area contributed by atoms with Gasteiger partial charge < -0.3 is 14.0 Å². The predicted molar refractivity (Wildman–Crippen MR) is 112 cm³/mol. The minimum Gasteiger partial charge on any atom is -0.414 e. The second-order valence-electron chi connectivity index (χ2n) is 8.82. The number of carbonyl (C=O) groups excluding carboxylic acids is 1. The van der Waals surface area contributed by atoms with Gasteiger partial charge in [-0.15, -0.1) is 0 Å². The maximum Gasteiger partial charge on any atom is 0.192 e. The lowest BCUT2D eigenvalue weighted by molar-refractivity contribution is -0.108. The highest BCUT2D eigenvalue weighted by Crippen LogP contribution is 2.39. The molecule has 0 aromatic heterocycles. The van der Waals surface area contributed by atoms with E-state index in [1.807, 2.05) is 18.2 Å². The van der Waals surface area contributed by atoms with E-state index in [1.165, 1.54) is 5.56 Å². The van der Waals surface area contributed by atoms with E-state index >= 15 is 0 Å². The van der Waals surface area contributed by atoms with Gasteiger partial charge in [-0.05, 0) is 48.9 Å². The summed E-state index contributed by atoms with van der Waals surface area (Å²) in [5, 5.41) is 0.194. The van der Waals surface area contributed by atoms with Gasteiger partial charge >= 0.3 is 0 Å². The van der Waals surface area contributed by atoms with Gasteiger partial charge in [-0.2, -0.15) is 0 Å². The summed E-state index contributed by atoms with van der Waals surface area (Å²) in [6.07, 6.45) is 4.70. The standard InChI is InChI=1S/C22H38O3Si/c1-19(12-10-16-23)21(25-26(5,6)22(2,3)4)15-11-17-24-18-20-13-8-7-9-14-20/h7-9,13-14,16,19,21H,10-12,15,17-18H2,1-6H3/t19-,21-/m0/s1. The van der Waals surface area contributed by atoms with Gasteiger partial charge in [-0.3, -0.25) is 0 Å².